The lowest BCUT2D eigenvalue weighted by Gasteiger charge is -2.10. The minimum atomic E-state index is -2.66. The molecule has 1 heterocycles. The van der Waals surface area contributed by atoms with Crippen LogP contribution >= 0.6 is 0 Å². The first kappa shape index (κ1) is 13.0. The summed E-state index contributed by atoms with van der Waals surface area (Å²) in [6.07, 6.45) is -1.95. The standard InChI is InChI=1S/C9H16F2N4O/c1-14(2)4-3-5-15-8(9(10)11)7(6-16)12-13-15/h9,16H,3-6H2,1-2H3. The number of hydrogen-bond acceptors (Lipinski definition) is 4. The van der Waals surface area contributed by atoms with Gasteiger partial charge in [-0.15, -0.1) is 5.10 Å². The number of aliphatic hydroxyl groups is 1. The SMILES string of the molecule is CN(C)CCCn1nnc(CO)c1C(F)F. The maximum Gasteiger partial charge on any atom is 0.282 e. The predicted molar refractivity (Wildman–Crippen MR) is 54.1 cm³/mol. The molecule has 0 radical (unpaired) electrons. The van der Waals surface area contributed by atoms with Crippen LogP contribution in [-0.4, -0.2) is 45.6 Å². The molecule has 1 N–H and O–H groups in total. The molecule has 0 aliphatic carbocycles. The molecule has 0 fully saturated rings. The van der Waals surface area contributed by atoms with Crippen molar-refractivity contribution in [3.63, 3.8) is 0 Å². The molecule has 0 saturated heterocycles. The Hall–Kier alpha value is -1.08. The minimum Gasteiger partial charge on any atom is -0.390 e. The van der Waals surface area contributed by atoms with E-state index in [1.165, 1.54) is 4.68 Å². The molecule has 0 bridgehead atoms. The van der Waals surface area contributed by atoms with Crippen LogP contribution in [-0.2, 0) is 13.2 Å². The Morgan fingerprint density at radius 2 is 2.12 bits per heavy atom. The van der Waals surface area contributed by atoms with E-state index in [0.29, 0.717) is 13.0 Å². The lowest BCUT2D eigenvalue weighted by molar-refractivity contribution is 0.134. The monoisotopic (exact) mass is 234 g/mol. The number of hydrogen-bond donors (Lipinski definition) is 1. The molecule has 7 heteroatoms. The summed E-state index contributed by atoms with van der Waals surface area (Å²) in [5.74, 6) is 0. The molecule has 0 aliphatic rings. The van der Waals surface area contributed by atoms with Gasteiger partial charge in [0.2, 0.25) is 0 Å². The highest BCUT2D eigenvalue weighted by molar-refractivity contribution is 5.10. The van der Waals surface area contributed by atoms with Gasteiger partial charge in [-0.3, -0.25) is 0 Å². The molecule has 0 aliphatic heterocycles. The molecule has 1 aromatic rings. The van der Waals surface area contributed by atoms with Crippen molar-refractivity contribution in [2.24, 2.45) is 0 Å². The summed E-state index contributed by atoms with van der Waals surface area (Å²) in [5, 5.41) is 16.0. The van der Waals surface area contributed by atoms with Crippen molar-refractivity contribution < 1.29 is 13.9 Å². The van der Waals surface area contributed by atoms with Gasteiger partial charge in [0.25, 0.3) is 6.43 Å². The molecule has 16 heavy (non-hydrogen) atoms. The summed E-state index contributed by atoms with van der Waals surface area (Å²) in [4.78, 5) is 1.96. The first-order valence-corrected chi connectivity index (χ1v) is 5.02. The summed E-state index contributed by atoms with van der Waals surface area (Å²) >= 11 is 0. The van der Waals surface area contributed by atoms with Crippen LogP contribution in [0.3, 0.4) is 0 Å². The number of aryl methyl sites for hydroxylation is 1. The van der Waals surface area contributed by atoms with Gasteiger partial charge in [-0.1, -0.05) is 5.21 Å². The molecular weight excluding hydrogens is 218 g/mol. The number of rotatable bonds is 6. The Balaban J connectivity index is 2.68. The van der Waals surface area contributed by atoms with Crippen molar-refractivity contribution in [3.05, 3.63) is 11.4 Å². The first-order chi connectivity index (χ1) is 7.56. The van der Waals surface area contributed by atoms with Gasteiger partial charge < -0.3 is 10.0 Å². The van der Waals surface area contributed by atoms with Gasteiger partial charge in [0.15, 0.2) is 0 Å². The fraction of sp³-hybridized carbons (Fsp3) is 0.778. The minimum absolute atomic E-state index is 0.0418. The maximum atomic E-state index is 12.7. The van der Waals surface area contributed by atoms with Crippen molar-refractivity contribution in [2.45, 2.75) is 26.0 Å². The van der Waals surface area contributed by atoms with Gasteiger partial charge in [-0.25, -0.2) is 13.5 Å². The Morgan fingerprint density at radius 3 is 2.62 bits per heavy atom. The summed E-state index contributed by atoms with van der Waals surface area (Å²) in [6.45, 7) is 0.662. The fourth-order valence-corrected chi connectivity index (χ4v) is 1.41. The topological polar surface area (TPSA) is 54.2 Å². The molecule has 0 amide bonds. The zero-order valence-corrected chi connectivity index (χ0v) is 9.40. The lowest BCUT2D eigenvalue weighted by atomic mass is 10.3. The smallest absolute Gasteiger partial charge is 0.282 e. The van der Waals surface area contributed by atoms with E-state index in [1.807, 2.05) is 19.0 Å². The van der Waals surface area contributed by atoms with Gasteiger partial charge in [0, 0.05) is 6.54 Å². The first-order valence-electron chi connectivity index (χ1n) is 5.02. The molecule has 0 spiro atoms. The Labute approximate surface area is 92.7 Å². The Morgan fingerprint density at radius 1 is 1.44 bits per heavy atom. The summed E-state index contributed by atoms with van der Waals surface area (Å²) in [5.41, 5.74) is -0.318. The molecule has 1 aromatic heterocycles. The Kier molecular flexibility index (Phi) is 4.75. The highest BCUT2D eigenvalue weighted by Crippen LogP contribution is 2.21. The van der Waals surface area contributed by atoms with Gasteiger partial charge in [-0.05, 0) is 27.1 Å². The zero-order valence-electron chi connectivity index (χ0n) is 9.40. The van der Waals surface area contributed by atoms with Crippen molar-refractivity contribution in [2.75, 3.05) is 20.6 Å². The number of alkyl halides is 2. The van der Waals surface area contributed by atoms with E-state index in [2.05, 4.69) is 10.3 Å². The van der Waals surface area contributed by atoms with E-state index in [-0.39, 0.29) is 11.4 Å². The summed E-state index contributed by atoms with van der Waals surface area (Å²) < 4.78 is 26.5. The third kappa shape index (κ3) is 3.21. The van der Waals surface area contributed by atoms with E-state index < -0.39 is 13.0 Å². The van der Waals surface area contributed by atoms with Crippen LogP contribution in [0, 0.1) is 0 Å². The van der Waals surface area contributed by atoms with Crippen molar-refractivity contribution in [1.29, 1.82) is 0 Å². The van der Waals surface area contributed by atoms with Crippen LogP contribution in [0.25, 0.3) is 0 Å². The van der Waals surface area contributed by atoms with Crippen LogP contribution in [0.1, 0.15) is 24.2 Å². The molecule has 1 rings (SSSR count). The summed E-state index contributed by atoms with van der Waals surface area (Å²) in [6, 6.07) is 0. The predicted octanol–water partition coefficient (Wildman–Crippen LogP) is 0.660. The van der Waals surface area contributed by atoms with Crippen LogP contribution in [0.2, 0.25) is 0 Å². The molecule has 0 atom stereocenters. The lowest BCUT2D eigenvalue weighted by Crippen LogP contribution is -2.16. The third-order valence-electron chi connectivity index (χ3n) is 2.18. The molecular formula is C9H16F2N4O. The van der Waals surface area contributed by atoms with E-state index >= 15 is 0 Å². The fourth-order valence-electron chi connectivity index (χ4n) is 1.41. The van der Waals surface area contributed by atoms with Crippen LogP contribution in [0.15, 0.2) is 0 Å². The van der Waals surface area contributed by atoms with Gasteiger partial charge >= 0.3 is 0 Å². The number of halogens is 2. The zero-order chi connectivity index (χ0) is 12.1. The quantitative estimate of drug-likeness (QED) is 0.785. The van der Waals surface area contributed by atoms with E-state index in [0.717, 1.165) is 6.54 Å². The van der Waals surface area contributed by atoms with Crippen molar-refractivity contribution in [1.82, 2.24) is 19.9 Å². The summed E-state index contributed by atoms with van der Waals surface area (Å²) in [7, 11) is 3.82. The van der Waals surface area contributed by atoms with E-state index in [1.54, 1.807) is 0 Å². The van der Waals surface area contributed by atoms with E-state index in [9.17, 15) is 8.78 Å². The average molecular weight is 234 g/mol. The second-order valence-electron chi connectivity index (χ2n) is 3.76. The normalized spacial score (nSPS) is 11.7. The number of nitrogens with zero attached hydrogens (tertiary/aromatic N) is 4. The van der Waals surface area contributed by atoms with Gasteiger partial charge in [-0.2, -0.15) is 0 Å². The second-order valence-corrected chi connectivity index (χ2v) is 3.76. The van der Waals surface area contributed by atoms with Crippen LogP contribution < -0.4 is 0 Å². The molecule has 0 unspecified atom stereocenters. The Bertz CT molecular complexity index is 327. The van der Waals surface area contributed by atoms with Gasteiger partial charge in [0.1, 0.15) is 11.4 Å². The van der Waals surface area contributed by atoms with E-state index in [4.69, 9.17) is 5.11 Å². The molecule has 0 saturated carbocycles. The van der Waals surface area contributed by atoms with Crippen molar-refractivity contribution in [3.8, 4) is 0 Å². The third-order valence-corrected chi connectivity index (χ3v) is 2.18. The average Bonchev–Trinajstić information content (AvgIpc) is 2.60. The van der Waals surface area contributed by atoms with Crippen molar-refractivity contribution >= 4 is 0 Å². The van der Waals surface area contributed by atoms with Crippen LogP contribution in [0.4, 0.5) is 8.78 Å². The number of aromatic nitrogens is 3. The highest BCUT2D eigenvalue weighted by atomic mass is 19.3. The van der Waals surface area contributed by atoms with Crippen LogP contribution in [0.5, 0.6) is 0 Å². The van der Waals surface area contributed by atoms with Gasteiger partial charge in [0.05, 0.1) is 6.61 Å². The number of aliphatic hydroxyl groups excluding tert-OH is 1. The molecule has 0 aromatic carbocycles. The molecule has 92 valence electrons. The maximum absolute atomic E-state index is 12.7. The second kappa shape index (κ2) is 5.86. The molecule has 5 nitrogen and oxygen atoms in total. The largest absolute Gasteiger partial charge is 0.390 e. The highest BCUT2D eigenvalue weighted by Gasteiger charge is 2.20.